The van der Waals surface area contributed by atoms with E-state index in [0.717, 1.165) is 9.75 Å². The van der Waals surface area contributed by atoms with Crippen molar-refractivity contribution < 1.29 is 14.4 Å². The molecule has 0 atom stereocenters. The Bertz CT molecular complexity index is 728. The molecule has 0 fully saturated rings. The number of thiophene rings is 1. The highest BCUT2D eigenvalue weighted by molar-refractivity contribution is 7.12. The molecule has 2 N–H and O–H groups in total. The average molecular weight is 332 g/mol. The van der Waals surface area contributed by atoms with E-state index in [1.165, 1.54) is 18.6 Å². The minimum absolute atomic E-state index is 0.00604. The van der Waals surface area contributed by atoms with Crippen LogP contribution in [-0.4, -0.2) is 27.6 Å². The van der Waals surface area contributed by atoms with Gasteiger partial charge in [-0.1, -0.05) is 0 Å². The third-order valence-electron chi connectivity index (χ3n) is 3.03. The van der Waals surface area contributed by atoms with E-state index in [2.05, 4.69) is 20.8 Å². The van der Waals surface area contributed by atoms with E-state index in [1.807, 2.05) is 19.9 Å². The highest BCUT2D eigenvalue weighted by Crippen LogP contribution is 2.22. The van der Waals surface area contributed by atoms with Crippen LogP contribution in [0.1, 0.15) is 43.4 Å². The Labute approximate surface area is 137 Å². The van der Waals surface area contributed by atoms with Gasteiger partial charge in [0.1, 0.15) is 5.69 Å². The number of ketones is 1. The first-order chi connectivity index (χ1) is 11.0. The first-order valence-electron chi connectivity index (χ1n) is 6.93. The van der Waals surface area contributed by atoms with E-state index >= 15 is 0 Å². The standard InChI is InChI=1S/C15H16N4O3S/c1-9-7-11(10(2)23-9)13(20)3-4-14(21)18-19-15(22)12-8-16-5-6-17-12/h5-8H,3-4H2,1-2H3,(H,18,21)(H,19,22). The van der Waals surface area contributed by atoms with E-state index in [-0.39, 0.29) is 24.3 Å². The Morgan fingerprint density at radius 3 is 2.52 bits per heavy atom. The maximum Gasteiger partial charge on any atom is 0.289 e. The summed E-state index contributed by atoms with van der Waals surface area (Å²) in [6.07, 6.45) is 4.18. The maximum atomic E-state index is 12.1. The predicted octanol–water partition coefficient (Wildman–Crippen LogP) is 1.58. The van der Waals surface area contributed by atoms with Crippen molar-refractivity contribution in [1.82, 2.24) is 20.8 Å². The second-order valence-electron chi connectivity index (χ2n) is 4.84. The number of carbonyl (C=O) groups excluding carboxylic acids is 3. The van der Waals surface area contributed by atoms with Crippen LogP contribution in [0.2, 0.25) is 0 Å². The Balaban J connectivity index is 1.78. The van der Waals surface area contributed by atoms with Crippen molar-refractivity contribution in [3.63, 3.8) is 0 Å². The molecule has 0 aliphatic heterocycles. The highest BCUT2D eigenvalue weighted by Gasteiger charge is 2.14. The molecule has 2 heterocycles. The number of carbonyl (C=O) groups is 3. The fourth-order valence-corrected chi connectivity index (χ4v) is 2.88. The summed E-state index contributed by atoms with van der Waals surface area (Å²) < 4.78 is 0. The molecule has 120 valence electrons. The monoisotopic (exact) mass is 332 g/mol. The van der Waals surface area contributed by atoms with Crippen LogP contribution in [-0.2, 0) is 4.79 Å². The Morgan fingerprint density at radius 2 is 1.91 bits per heavy atom. The smallest absolute Gasteiger partial charge is 0.289 e. The van der Waals surface area contributed by atoms with Crippen molar-refractivity contribution in [1.29, 1.82) is 0 Å². The molecule has 0 saturated heterocycles. The summed E-state index contributed by atoms with van der Waals surface area (Å²) in [5.41, 5.74) is 5.23. The van der Waals surface area contributed by atoms with Gasteiger partial charge in [-0.05, 0) is 19.9 Å². The van der Waals surface area contributed by atoms with Gasteiger partial charge in [0, 0.05) is 40.6 Å². The topological polar surface area (TPSA) is 101 Å². The van der Waals surface area contributed by atoms with Crippen LogP contribution in [0.3, 0.4) is 0 Å². The normalized spacial score (nSPS) is 10.2. The van der Waals surface area contributed by atoms with Crippen LogP contribution in [0.4, 0.5) is 0 Å². The first kappa shape index (κ1) is 16.8. The number of hydrogen-bond acceptors (Lipinski definition) is 6. The summed E-state index contributed by atoms with van der Waals surface area (Å²) in [6.45, 7) is 3.81. The van der Waals surface area contributed by atoms with Gasteiger partial charge in [0.25, 0.3) is 5.91 Å². The lowest BCUT2D eigenvalue weighted by Crippen LogP contribution is -2.42. The van der Waals surface area contributed by atoms with Crippen molar-refractivity contribution in [2.24, 2.45) is 0 Å². The summed E-state index contributed by atoms with van der Waals surface area (Å²) in [5, 5.41) is 0. The van der Waals surface area contributed by atoms with Crippen molar-refractivity contribution in [2.75, 3.05) is 0 Å². The zero-order valence-electron chi connectivity index (χ0n) is 12.8. The number of aryl methyl sites for hydroxylation is 2. The Morgan fingerprint density at radius 1 is 1.13 bits per heavy atom. The lowest BCUT2D eigenvalue weighted by atomic mass is 10.1. The highest BCUT2D eigenvalue weighted by atomic mass is 32.1. The van der Waals surface area contributed by atoms with Gasteiger partial charge in [-0.3, -0.25) is 30.2 Å². The zero-order chi connectivity index (χ0) is 16.8. The summed E-state index contributed by atoms with van der Waals surface area (Å²) in [4.78, 5) is 45.0. The third-order valence-corrected chi connectivity index (χ3v) is 4.00. The molecule has 0 bridgehead atoms. The number of hydrogen-bond donors (Lipinski definition) is 2. The molecule has 0 spiro atoms. The van der Waals surface area contributed by atoms with Gasteiger partial charge < -0.3 is 0 Å². The molecular formula is C15H16N4O3S. The van der Waals surface area contributed by atoms with E-state index in [9.17, 15) is 14.4 Å². The second kappa shape index (κ2) is 7.59. The fraction of sp³-hybridized carbons (Fsp3) is 0.267. The average Bonchev–Trinajstić information content (AvgIpc) is 2.89. The van der Waals surface area contributed by atoms with E-state index in [4.69, 9.17) is 0 Å². The summed E-state index contributed by atoms with van der Waals surface area (Å²) in [7, 11) is 0. The summed E-state index contributed by atoms with van der Waals surface area (Å²) in [5.74, 6) is -1.09. The molecule has 0 radical (unpaired) electrons. The molecule has 2 aromatic heterocycles. The summed E-state index contributed by atoms with van der Waals surface area (Å²) in [6, 6.07) is 1.83. The van der Waals surface area contributed by atoms with Crippen molar-refractivity contribution in [2.45, 2.75) is 26.7 Å². The van der Waals surface area contributed by atoms with E-state index < -0.39 is 11.8 Å². The molecule has 2 rings (SSSR count). The zero-order valence-corrected chi connectivity index (χ0v) is 13.6. The number of nitrogens with zero attached hydrogens (tertiary/aromatic N) is 2. The SMILES string of the molecule is Cc1cc(C(=O)CCC(=O)NNC(=O)c2cnccn2)c(C)s1. The minimum Gasteiger partial charge on any atom is -0.294 e. The molecule has 2 amide bonds. The third kappa shape index (κ3) is 4.68. The number of aromatic nitrogens is 2. The number of Topliss-reactive ketones (excluding diaryl/α,β-unsaturated/α-hetero) is 1. The molecule has 0 aliphatic rings. The van der Waals surface area contributed by atoms with Gasteiger partial charge in [-0.25, -0.2) is 4.98 Å². The molecule has 8 heteroatoms. The summed E-state index contributed by atoms with van der Waals surface area (Å²) >= 11 is 1.55. The molecule has 0 aromatic carbocycles. The number of hydrazine groups is 1. The molecular weight excluding hydrogens is 316 g/mol. The van der Waals surface area contributed by atoms with Gasteiger partial charge in [-0.15, -0.1) is 11.3 Å². The largest absolute Gasteiger partial charge is 0.294 e. The second-order valence-corrected chi connectivity index (χ2v) is 6.30. The lowest BCUT2D eigenvalue weighted by molar-refractivity contribution is -0.121. The lowest BCUT2D eigenvalue weighted by Gasteiger charge is -2.06. The van der Waals surface area contributed by atoms with Gasteiger partial charge in [0.2, 0.25) is 5.91 Å². The van der Waals surface area contributed by atoms with Crippen LogP contribution in [0.15, 0.2) is 24.7 Å². The fourth-order valence-electron chi connectivity index (χ4n) is 1.94. The van der Waals surface area contributed by atoms with E-state index in [0.29, 0.717) is 5.56 Å². The first-order valence-corrected chi connectivity index (χ1v) is 7.74. The molecule has 0 unspecified atom stereocenters. The molecule has 7 nitrogen and oxygen atoms in total. The predicted molar refractivity (Wildman–Crippen MR) is 85.0 cm³/mol. The number of rotatable bonds is 5. The quantitative estimate of drug-likeness (QED) is 0.639. The van der Waals surface area contributed by atoms with Gasteiger partial charge in [0.05, 0.1) is 6.20 Å². The molecule has 23 heavy (non-hydrogen) atoms. The van der Waals surface area contributed by atoms with E-state index in [1.54, 1.807) is 11.3 Å². The molecule has 2 aromatic rings. The Hall–Kier alpha value is -2.61. The molecule has 0 saturated carbocycles. The van der Waals surface area contributed by atoms with Gasteiger partial charge in [-0.2, -0.15) is 0 Å². The van der Waals surface area contributed by atoms with Crippen LogP contribution in [0.5, 0.6) is 0 Å². The van der Waals surface area contributed by atoms with Crippen LogP contribution < -0.4 is 10.9 Å². The maximum absolute atomic E-state index is 12.1. The van der Waals surface area contributed by atoms with Crippen LogP contribution in [0.25, 0.3) is 0 Å². The molecule has 0 aliphatic carbocycles. The number of nitrogens with one attached hydrogen (secondary N) is 2. The minimum atomic E-state index is -0.568. The van der Waals surface area contributed by atoms with Crippen LogP contribution >= 0.6 is 11.3 Å². The van der Waals surface area contributed by atoms with Gasteiger partial charge in [0.15, 0.2) is 5.78 Å². The van der Waals surface area contributed by atoms with Crippen molar-refractivity contribution in [3.8, 4) is 0 Å². The van der Waals surface area contributed by atoms with Crippen molar-refractivity contribution in [3.05, 3.63) is 45.7 Å². The number of amides is 2. The van der Waals surface area contributed by atoms with Crippen LogP contribution in [0, 0.1) is 13.8 Å². The van der Waals surface area contributed by atoms with Crippen molar-refractivity contribution >= 4 is 28.9 Å². The van der Waals surface area contributed by atoms with Gasteiger partial charge >= 0.3 is 0 Å². The Kier molecular flexibility index (Phi) is 5.53.